The molecular weight excluding hydrogens is 338 g/mol. The van der Waals surface area contributed by atoms with Gasteiger partial charge in [-0.15, -0.1) is 11.3 Å². The molecule has 0 aliphatic heterocycles. The Morgan fingerprint density at radius 3 is 2.72 bits per heavy atom. The summed E-state index contributed by atoms with van der Waals surface area (Å²) in [5.41, 5.74) is 1.39. The van der Waals surface area contributed by atoms with Crippen LogP contribution in [0.25, 0.3) is 4.96 Å². The maximum absolute atomic E-state index is 12.5. The van der Waals surface area contributed by atoms with Crippen LogP contribution < -0.4 is 15.6 Å². The summed E-state index contributed by atoms with van der Waals surface area (Å²) in [6.07, 6.45) is 1.45. The van der Waals surface area contributed by atoms with Crippen LogP contribution in [0.3, 0.4) is 0 Å². The highest BCUT2D eigenvalue weighted by Gasteiger charge is 2.14. The van der Waals surface area contributed by atoms with Gasteiger partial charge in [0.15, 0.2) is 4.96 Å². The first-order chi connectivity index (χ1) is 12.0. The number of hydrogen-bond donors (Lipinski definition) is 1. The molecule has 7 heteroatoms. The van der Waals surface area contributed by atoms with E-state index in [-0.39, 0.29) is 17.2 Å². The van der Waals surface area contributed by atoms with Gasteiger partial charge >= 0.3 is 0 Å². The summed E-state index contributed by atoms with van der Waals surface area (Å²) in [4.78, 5) is 29.6. The zero-order valence-corrected chi connectivity index (χ0v) is 15.1. The summed E-state index contributed by atoms with van der Waals surface area (Å²) in [7, 11) is 0. The number of nitrogens with zero attached hydrogens (tertiary/aromatic N) is 2. The van der Waals surface area contributed by atoms with Gasteiger partial charge in [0.25, 0.3) is 11.5 Å². The number of carbonyl (C=O) groups excluding carboxylic acids is 1. The normalized spacial score (nSPS) is 11.0. The minimum absolute atomic E-state index is 0.0405. The summed E-state index contributed by atoms with van der Waals surface area (Å²) in [6.45, 7) is 6.07. The topological polar surface area (TPSA) is 72.7 Å². The van der Waals surface area contributed by atoms with Gasteiger partial charge in [0.2, 0.25) is 0 Å². The average molecular weight is 357 g/mol. The predicted molar refractivity (Wildman–Crippen MR) is 97.5 cm³/mol. The summed E-state index contributed by atoms with van der Waals surface area (Å²) in [6, 6.07) is 7.49. The molecule has 1 N–H and O–H groups in total. The van der Waals surface area contributed by atoms with Crippen LogP contribution in [0.5, 0.6) is 5.75 Å². The molecule has 0 aliphatic rings. The van der Waals surface area contributed by atoms with Crippen LogP contribution in [0.2, 0.25) is 0 Å². The third-order valence-corrected chi connectivity index (χ3v) is 4.57. The lowest BCUT2D eigenvalue weighted by Crippen LogP contribution is -2.31. The highest BCUT2D eigenvalue weighted by atomic mass is 32.1. The maximum atomic E-state index is 12.5. The lowest BCUT2D eigenvalue weighted by molar-refractivity contribution is 0.0949. The fraction of sp³-hybridized carbons (Fsp3) is 0.278. The SMILES string of the molecule is Cc1csc2ncc(C(=O)NCc3ccc(OC(C)C)cc3)c(=O)n12. The first kappa shape index (κ1) is 17.2. The quantitative estimate of drug-likeness (QED) is 0.762. The second-order valence-electron chi connectivity index (χ2n) is 5.97. The smallest absolute Gasteiger partial charge is 0.271 e. The van der Waals surface area contributed by atoms with Crippen LogP contribution in [0.4, 0.5) is 0 Å². The Labute approximate surface area is 149 Å². The Bertz CT molecular complexity index is 958. The molecule has 0 aliphatic carbocycles. The van der Waals surface area contributed by atoms with Crippen LogP contribution in [0, 0.1) is 6.92 Å². The fourth-order valence-electron chi connectivity index (χ4n) is 2.42. The Morgan fingerprint density at radius 2 is 2.04 bits per heavy atom. The summed E-state index contributed by atoms with van der Waals surface area (Å²) < 4.78 is 7.04. The van der Waals surface area contributed by atoms with Gasteiger partial charge in [-0.05, 0) is 38.5 Å². The van der Waals surface area contributed by atoms with Crippen molar-refractivity contribution in [2.45, 2.75) is 33.4 Å². The Hall–Kier alpha value is -2.67. The van der Waals surface area contributed by atoms with E-state index in [0.717, 1.165) is 17.0 Å². The van der Waals surface area contributed by atoms with Crippen LogP contribution in [-0.4, -0.2) is 21.4 Å². The summed E-state index contributed by atoms with van der Waals surface area (Å²) in [5, 5.41) is 4.60. The van der Waals surface area contributed by atoms with Crippen LogP contribution in [0.15, 0.2) is 40.6 Å². The second kappa shape index (κ2) is 7.06. The van der Waals surface area contributed by atoms with Gasteiger partial charge in [-0.3, -0.25) is 14.0 Å². The fourth-order valence-corrected chi connectivity index (χ4v) is 3.24. The first-order valence-corrected chi connectivity index (χ1v) is 8.83. The van der Waals surface area contributed by atoms with Crippen molar-refractivity contribution in [3.63, 3.8) is 0 Å². The third-order valence-electron chi connectivity index (χ3n) is 3.61. The lowest BCUT2D eigenvalue weighted by Gasteiger charge is -2.10. The standard InChI is InChI=1S/C18H19N3O3S/c1-11(2)24-14-6-4-13(5-7-14)8-19-16(22)15-9-20-18-21(17(15)23)12(3)10-25-18/h4-7,9-11H,8H2,1-3H3,(H,19,22). The third kappa shape index (κ3) is 3.71. The van der Waals surface area contributed by atoms with E-state index < -0.39 is 5.91 Å². The molecule has 3 rings (SSSR count). The lowest BCUT2D eigenvalue weighted by atomic mass is 10.2. The van der Waals surface area contributed by atoms with Gasteiger partial charge < -0.3 is 10.1 Å². The molecule has 130 valence electrons. The molecule has 2 heterocycles. The predicted octanol–water partition coefficient (Wildman–Crippen LogP) is 2.78. The molecule has 0 radical (unpaired) electrons. The van der Waals surface area contributed by atoms with E-state index in [9.17, 15) is 9.59 Å². The molecule has 6 nitrogen and oxygen atoms in total. The molecule has 0 saturated carbocycles. The van der Waals surface area contributed by atoms with Crippen molar-refractivity contribution in [1.29, 1.82) is 0 Å². The molecule has 25 heavy (non-hydrogen) atoms. The van der Waals surface area contributed by atoms with Gasteiger partial charge in [0.05, 0.1) is 6.10 Å². The van der Waals surface area contributed by atoms with E-state index in [1.807, 2.05) is 50.4 Å². The molecule has 1 aromatic carbocycles. The minimum Gasteiger partial charge on any atom is -0.491 e. The van der Waals surface area contributed by atoms with Crippen molar-refractivity contribution in [2.24, 2.45) is 0 Å². The average Bonchev–Trinajstić information content (AvgIpc) is 2.96. The van der Waals surface area contributed by atoms with Crippen molar-refractivity contribution in [3.8, 4) is 5.75 Å². The minimum atomic E-state index is -0.431. The second-order valence-corrected chi connectivity index (χ2v) is 6.80. The van der Waals surface area contributed by atoms with Gasteiger partial charge in [0.1, 0.15) is 11.3 Å². The van der Waals surface area contributed by atoms with Crippen LogP contribution in [0.1, 0.15) is 35.5 Å². The monoisotopic (exact) mass is 357 g/mol. The van der Waals surface area contributed by atoms with Crippen LogP contribution in [-0.2, 0) is 6.54 Å². The van der Waals surface area contributed by atoms with Crippen molar-refractivity contribution >= 4 is 22.2 Å². The summed E-state index contributed by atoms with van der Waals surface area (Å²) in [5.74, 6) is 0.353. The number of amides is 1. The number of hydrogen-bond acceptors (Lipinski definition) is 5. The Balaban J connectivity index is 1.71. The number of fused-ring (bicyclic) bond motifs is 1. The number of benzene rings is 1. The highest BCUT2D eigenvalue weighted by Crippen LogP contribution is 2.14. The van der Waals surface area contributed by atoms with Gasteiger partial charge in [-0.25, -0.2) is 4.98 Å². The van der Waals surface area contributed by atoms with E-state index in [1.54, 1.807) is 0 Å². The molecular formula is C18H19N3O3S. The molecule has 0 atom stereocenters. The Kier molecular flexibility index (Phi) is 4.85. The van der Waals surface area contributed by atoms with Crippen molar-refractivity contribution < 1.29 is 9.53 Å². The van der Waals surface area contributed by atoms with Crippen molar-refractivity contribution in [1.82, 2.24) is 14.7 Å². The number of aromatic nitrogens is 2. The molecule has 0 spiro atoms. The van der Waals surface area contributed by atoms with Gasteiger partial charge in [-0.1, -0.05) is 12.1 Å². The largest absolute Gasteiger partial charge is 0.491 e. The molecule has 0 bridgehead atoms. The summed E-state index contributed by atoms with van der Waals surface area (Å²) >= 11 is 1.37. The van der Waals surface area contributed by atoms with E-state index in [1.165, 1.54) is 21.9 Å². The van der Waals surface area contributed by atoms with E-state index in [0.29, 0.717) is 11.5 Å². The van der Waals surface area contributed by atoms with Crippen LogP contribution >= 0.6 is 11.3 Å². The zero-order valence-electron chi connectivity index (χ0n) is 14.3. The molecule has 3 aromatic rings. The Morgan fingerprint density at radius 1 is 1.32 bits per heavy atom. The number of aryl methyl sites for hydroxylation is 1. The number of nitrogens with one attached hydrogen (secondary N) is 1. The van der Waals surface area contributed by atoms with Gasteiger partial charge in [-0.2, -0.15) is 0 Å². The van der Waals surface area contributed by atoms with Gasteiger partial charge in [0, 0.05) is 23.8 Å². The molecule has 0 unspecified atom stereocenters. The van der Waals surface area contributed by atoms with Crippen molar-refractivity contribution in [3.05, 3.63) is 63.0 Å². The number of thiazole rings is 1. The number of carbonyl (C=O) groups is 1. The van der Waals surface area contributed by atoms with E-state index >= 15 is 0 Å². The zero-order chi connectivity index (χ0) is 18.0. The number of ether oxygens (including phenoxy) is 1. The van der Waals surface area contributed by atoms with E-state index in [4.69, 9.17) is 4.74 Å². The molecule has 1 amide bonds. The van der Waals surface area contributed by atoms with E-state index in [2.05, 4.69) is 10.3 Å². The molecule has 2 aromatic heterocycles. The highest BCUT2D eigenvalue weighted by molar-refractivity contribution is 7.15. The number of rotatable bonds is 5. The first-order valence-electron chi connectivity index (χ1n) is 7.95. The maximum Gasteiger partial charge on any atom is 0.271 e. The molecule has 0 saturated heterocycles. The van der Waals surface area contributed by atoms with Crippen molar-refractivity contribution in [2.75, 3.05) is 0 Å². The molecule has 0 fully saturated rings.